The summed E-state index contributed by atoms with van der Waals surface area (Å²) < 4.78 is 7.07. The molecule has 1 aromatic heterocycles. The van der Waals surface area contributed by atoms with E-state index in [1.54, 1.807) is 17.7 Å². The van der Waals surface area contributed by atoms with E-state index in [-0.39, 0.29) is 35.6 Å². The summed E-state index contributed by atoms with van der Waals surface area (Å²) in [6.45, 7) is 3.14. The summed E-state index contributed by atoms with van der Waals surface area (Å²) in [7, 11) is 1.69. The Morgan fingerprint density at radius 3 is 2.67 bits per heavy atom. The van der Waals surface area contributed by atoms with E-state index in [1.807, 2.05) is 36.1 Å². The van der Waals surface area contributed by atoms with Crippen LogP contribution >= 0.6 is 0 Å². The minimum atomic E-state index is -0.344. The quantitative estimate of drug-likeness (QED) is 0.893. The second kappa shape index (κ2) is 6.77. The van der Waals surface area contributed by atoms with Crippen molar-refractivity contribution in [1.29, 1.82) is 0 Å². The van der Waals surface area contributed by atoms with Crippen LogP contribution in [0.3, 0.4) is 0 Å². The molecule has 4 rings (SSSR count). The topological polar surface area (TPSA) is 71.8 Å². The minimum Gasteiger partial charge on any atom is -0.392 e. The number of rotatable bonds is 3. The zero-order valence-corrected chi connectivity index (χ0v) is 15.9. The summed E-state index contributed by atoms with van der Waals surface area (Å²) in [6.07, 6.45) is 1.89. The number of piperidine rings is 1. The molecule has 6 nitrogen and oxygen atoms in total. The van der Waals surface area contributed by atoms with E-state index in [1.165, 1.54) is 0 Å². The Labute approximate surface area is 158 Å². The Morgan fingerprint density at radius 2 is 2.00 bits per heavy atom. The van der Waals surface area contributed by atoms with Gasteiger partial charge in [-0.15, -0.1) is 0 Å². The molecule has 2 aliphatic rings. The number of pyridine rings is 1. The van der Waals surface area contributed by atoms with Gasteiger partial charge in [0.2, 0.25) is 5.91 Å². The molecular formula is C21H26N2O4. The van der Waals surface area contributed by atoms with Gasteiger partial charge in [-0.3, -0.25) is 14.2 Å². The Morgan fingerprint density at radius 1 is 1.30 bits per heavy atom. The zero-order chi connectivity index (χ0) is 19.2. The van der Waals surface area contributed by atoms with E-state index in [0.29, 0.717) is 19.5 Å². The first-order chi connectivity index (χ1) is 13.0. The van der Waals surface area contributed by atoms with Gasteiger partial charge in [0.1, 0.15) is 6.54 Å². The van der Waals surface area contributed by atoms with Crippen LogP contribution in [-0.4, -0.2) is 52.9 Å². The highest BCUT2D eigenvalue weighted by Crippen LogP contribution is 2.50. The predicted molar refractivity (Wildman–Crippen MR) is 103 cm³/mol. The number of hydrogen-bond acceptors (Lipinski definition) is 4. The number of aliphatic hydroxyl groups excluding tert-OH is 1. The van der Waals surface area contributed by atoms with E-state index in [0.717, 1.165) is 29.3 Å². The van der Waals surface area contributed by atoms with Crippen LogP contribution in [0, 0.1) is 12.3 Å². The first-order valence-electron chi connectivity index (χ1n) is 9.54. The third-order valence-electron chi connectivity index (χ3n) is 6.59. The Bertz CT molecular complexity index is 927. The van der Waals surface area contributed by atoms with Gasteiger partial charge in [-0.1, -0.05) is 18.2 Å². The molecule has 0 bridgehead atoms. The van der Waals surface area contributed by atoms with Crippen molar-refractivity contribution in [2.45, 2.75) is 44.9 Å². The SMILES string of the molecule is CO[C@@H]1C[C@H](O)C12CCN(C(=O)Cn1c(=O)cc(C)c3ccccc31)CC2. The van der Waals surface area contributed by atoms with Crippen molar-refractivity contribution in [2.75, 3.05) is 20.2 Å². The zero-order valence-electron chi connectivity index (χ0n) is 15.9. The maximum atomic E-state index is 12.9. The number of para-hydroxylation sites is 1. The number of carbonyl (C=O) groups excluding carboxylic acids is 1. The van der Waals surface area contributed by atoms with Gasteiger partial charge in [-0.05, 0) is 31.4 Å². The lowest BCUT2D eigenvalue weighted by Crippen LogP contribution is -2.62. The lowest BCUT2D eigenvalue weighted by Gasteiger charge is -2.56. The molecule has 1 amide bonds. The maximum Gasteiger partial charge on any atom is 0.251 e. The summed E-state index contributed by atoms with van der Waals surface area (Å²) in [6, 6.07) is 9.27. The number of hydrogen-bond donors (Lipinski definition) is 1. The summed E-state index contributed by atoms with van der Waals surface area (Å²) in [5, 5.41) is 11.2. The fourth-order valence-corrected chi connectivity index (χ4v) is 4.79. The largest absolute Gasteiger partial charge is 0.392 e. The van der Waals surface area contributed by atoms with Gasteiger partial charge in [0.25, 0.3) is 5.56 Å². The normalized spacial score (nSPS) is 24.2. The van der Waals surface area contributed by atoms with Gasteiger partial charge in [0.15, 0.2) is 0 Å². The van der Waals surface area contributed by atoms with Crippen molar-refractivity contribution in [3.05, 3.63) is 46.2 Å². The molecule has 27 heavy (non-hydrogen) atoms. The van der Waals surface area contributed by atoms with Gasteiger partial charge in [0.05, 0.1) is 17.7 Å². The number of ether oxygens (including phenoxy) is 1. The predicted octanol–water partition coefficient (Wildman–Crippen LogP) is 1.70. The van der Waals surface area contributed by atoms with E-state index in [2.05, 4.69) is 0 Å². The van der Waals surface area contributed by atoms with Crippen LogP contribution in [0.5, 0.6) is 0 Å². The number of amides is 1. The Kier molecular flexibility index (Phi) is 4.56. The molecular weight excluding hydrogens is 344 g/mol. The van der Waals surface area contributed by atoms with Crippen LogP contribution in [0.4, 0.5) is 0 Å². The molecule has 1 aliphatic heterocycles. The maximum absolute atomic E-state index is 12.9. The van der Waals surface area contributed by atoms with Gasteiger partial charge < -0.3 is 14.7 Å². The fraction of sp³-hybridized carbons (Fsp3) is 0.524. The Hall–Kier alpha value is -2.18. The van der Waals surface area contributed by atoms with Gasteiger partial charge in [-0.2, -0.15) is 0 Å². The third kappa shape index (κ3) is 2.87. The molecule has 1 saturated carbocycles. The van der Waals surface area contributed by atoms with Crippen LogP contribution in [0.15, 0.2) is 35.1 Å². The Balaban J connectivity index is 1.51. The number of methoxy groups -OCH3 is 1. The smallest absolute Gasteiger partial charge is 0.251 e. The first kappa shape index (κ1) is 18.2. The number of aromatic nitrogens is 1. The molecule has 1 N–H and O–H groups in total. The highest BCUT2D eigenvalue weighted by molar-refractivity contribution is 5.84. The highest BCUT2D eigenvalue weighted by atomic mass is 16.5. The monoisotopic (exact) mass is 370 g/mol. The molecule has 2 atom stereocenters. The van der Waals surface area contributed by atoms with E-state index in [9.17, 15) is 14.7 Å². The average molecular weight is 370 g/mol. The molecule has 1 aromatic carbocycles. The van der Waals surface area contributed by atoms with Crippen molar-refractivity contribution in [3.63, 3.8) is 0 Å². The molecule has 1 saturated heterocycles. The molecule has 0 unspecified atom stereocenters. The first-order valence-corrected chi connectivity index (χ1v) is 9.54. The number of fused-ring (bicyclic) bond motifs is 1. The van der Waals surface area contributed by atoms with Crippen molar-refractivity contribution >= 4 is 16.8 Å². The number of aliphatic hydroxyl groups is 1. The van der Waals surface area contributed by atoms with Crippen molar-refractivity contribution in [3.8, 4) is 0 Å². The molecule has 2 aromatic rings. The number of aryl methyl sites for hydroxylation is 1. The summed E-state index contributed by atoms with van der Waals surface area (Å²) in [5.74, 6) is -0.0521. The summed E-state index contributed by atoms with van der Waals surface area (Å²) >= 11 is 0. The van der Waals surface area contributed by atoms with Gasteiger partial charge >= 0.3 is 0 Å². The van der Waals surface area contributed by atoms with Crippen LogP contribution in [0.2, 0.25) is 0 Å². The number of nitrogens with zero attached hydrogens (tertiary/aromatic N) is 2. The second-order valence-corrected chi connectivity index (χ2v) is 7.86. The highest BCUT2D eigenvalue weighted by Gasteiger charge is 2.56. The van der Waals surface area contributed by atoms with Gasteiger partial charge in [0, 0.05) is 43.5 Å². The molecule has 2 heterocycles. The van der Waals surface area contributed by atoms with Crippen molar-refractivity contribution < 1.29 is 14.6 Å². The molecule has 6 heteroatoms. The molecule has 1 spiro atoms. The molecule has 144 valence electrons. The van der Waals surface area contributed by atoms with Gasteiger partial charge in [-0.25, -0.2) is 0 Å². The molecule has 0 radical (unpaired) electrons. The fourth-order valence-electron chi connectivity index (χ4n) is 4.79. The average Bonchev–Trinajstić information content (AvgIpc) is 2.69. The van der Waals surface area contributed by atoms with Crippen molar-refractivity contribution in [2.24, 2.45) is 5.41 Å². The second-order valence-electron chi connectivity index (χ2n) is 7.86. The number of carbonyl (C=O) groups is 1. The lowest BCUT2D eigenvalue weighted by molar-refractivity contribution is -0.202. The van der Waals surface area contributed by atoms with Crippen molar-refractivity contribution in [1.82, 2.24) is 9.47 Å². The number of likely N-dealkylation sites (tertiary alicyclic amines) is 1. The van der Waals surface area contributed by atoms with Crippen LogP contribution in [-0.2, 0) is 16.1 Å². The standard InChI is InChI=1S/C21H26N2O4/c1-14-11-19(25)23(16-6-4-3-5-15(14)16)13-20(26)22-9-7-21(8-10-22)17(24)12-18(21)27-2/h3-6,11,17-18,24H,7-10,12-13H2,1-2H3/t17-,18+/m0/s1. The van der Waals surface area contributed by atoms with Crippen LogP contribution in [0.25, 0.3) is 10.9 Å². The van der Waals surface area contributed by atoms with Crippen LogP contribution < -0.4 is 5.56 Å². The number of benzene rings is 1. The third-order valence-corrected chi connectivity index (χ3v) is 6.59. The van der Waals surface area contributed by atoms with E-state index >= 15 is 0 Å². The molecule has 1 aliphatic carbocycles. The van der Waals surface area contributed by atoms with E-state index in [4.69, 9.17) is 4.74 Å². The molecule has 2 fully saturated rings. The summed E-state index contributed by atoms with van der Waals surface area (Å²) in [5.41, 5.74) is 1.35. The lowest BCUT2D eigenvalue weighted by atomic mass is 9.58. The minimum absolute atomic E-state index is 0.0445. The van der Waals surface area contributed by atoms with Crippen LogP contribution in [0.1, 0.15) is 24.8 Å². The summed E-state index contributed by atoms with van der Waals surface area (Å²) in [4.78, 5) is 27.2. The van der Waals surface area contributed by atoms with E-state index < -0.39 is 0 Å².